The highest BCUT2D eigenvalue weighted by Crippen LogP contribution is 2.26. The van der Waals surface area contributed by atoms with Crippen molar-refractivity contribution in [1.29, 1.82) is 5.26 Å². The third-order valence-corrected chi connectivity index (χ3v) is 3.95. The number of ketones is 1. The van der Waals surface area contributed by atoms with Crippen molar-refractivity contribution in [3.05, 3.63) is 56.9 Å². The number of rotatable bonds is 7. The Bertz CT molecular complexity index is 925. The normalized spacial score (nSPS) is 10.4. The number of carbonyl (C=O) groups is 1. The average Bonchev–Trinajstić information content (AvgIpc) is 2.62. The lowest BCUT2D eigenvalue weighted by Crippen LogP contribution is -2.28. The molecule has 26 heavy (non-hydrogen) atoms. The van der Waals surface area contributed by atoms with Gasteiger partial charge in [0.1, 0.15) is 17.4 Å². The number of hydrogen-bond donors (Lipinski definition) is 1. The van der Waals surface area contributed by atoms with Gasteiger partial charge < -0.3 is 14.6 Å². The standard InChI is InChI=1S/C19H20N2O5/c1-4-26-14-7-5-6-13(10-14)17(22)16-12(2)15(11-20)18(23)21(19(16)24)8-9-25-3/h5-7,10,24H,4,8-9H2,1-3H3. The van der Waals surface area contributed by atoms with Crippen LogP contribution >= 0.6 is 0 Å². The Kier molecular flexibility index (Phi) is 6.15. The average molecular weight is 356 g/mol. The molecule has 0 aliphatic rings. The summed E-state index contributed by atoms with van der Waals surface area (Å²) in [4.78, 5) is 25.4. The van der Waals surface area contributed by atoms with Crippen LogP contribution in [0.3, 0.4) is 0 Å². The molecule has 1 heterocycles. The molecule has 0 spiro atoms. The number of nitriles is 1. The van der Waals surface area contributed by atoms with Gasteiger partial charge in [-0.15, -0.1) is 0 Å². The van der Waals surface area contributed by atoms with Crippen LogP contribution in [0.4, 0.5) is 0 Å². The summed E-state index contributed by atoms with van der Waals surface area (Å²) in [6.07, 6.45) is 0. The van der Waals surface area contributed by atoms with Crippen LogP contribution in [-0.4, -0.2) is 35.8 Å². The number of hydrogen-bond acceptors (Lipinski definition) is 6. The van der Waals surface area contributed by atoms with E-state index in [1.165, 1.54) is 14.0 Å². The predicted octanol–water partition coefficient (Wildman–Crippen LogP) is 2.01. The first-order valence-electron chi connectivity index (χ1n) is 8.09. The fraction of sp³-hybridized carbons (Fsp3) is 0.316. The Hall–Kier alpha value is -3.11. The molecule has 0 unspecified atom stereocenters. The molecule has 0 saturated carbocycles. The molecular weight excluding hydrogens is 336 g/mol. The highest BCUT2D eigenvalue weighted by molar-refractivity contribution is 6.11. The Labute approximate surface area is 151 Å². The molecule has 0 radical (unpaired) electrons. The molecule has 1 aromatic carbocycles. The van der Waals surface area contributed by atoms with Gasteiger partial charge in [-0.3, -0.25) is 14.2 Å². The fourth-order valence-electron chi connectivity index (χ4n) is 2.65. The molecule has 2 aromatic rings. The Morgan fingerprint density at radius 2 is 2.12 bits per heavy atom. The molecule has 0 saturated heterocycles. The number of aromatic nitrogens is 1. The Morgan fingerprint density at radius 1 is 1.38 bits per heavy atom. The summed E-state index contributed by atoms with van der Waals surface area (Å²) < 4.78 is 11.3. The smallest absolute Gasteiger partial charge is 0.271 e. The maximum absolute atomic E-state index is 13.0. The minimum absolute atomic E-state index is 0.0232. The van der Waals surface area contributed by atoms with Gasteiger partial charge in [0.05, 0.1) is 25.3 Å². The quantitative estimate of drug-likeness (QED) is 0.762. The first kappa shape index (κ1) is 19.2. The molecule has 2 rings (SSSR count). The van der Waals surface area contributed by atoms with Crippen molar-refractivity contribution in [3.8, 4) is 17.7 Å². The van der Waals surface area contributed by atoms with Gasteiger partial charge in [-0.2, -0.15) is 5.26 Å². The molecule has 1 N–H and O–H groups in total. The van der Waals surface area contributed by atoms with Gasteiger partial charge in [0.25, 0.3) is 5.56 Å². The van der Waals surface area contributed by atoms with Crippen LogP contribution in [0.5, 0.6) is 11.6 Å². The second-order valence-electron chi connectivity index (χ2n) is 5.55. The lowest BCUT2D eigenvalue weighted by molar-refractivity contribution is 0.103. The van der Waals surface area contributed by atoms with Gasteiger partial charge >= 0.3 is 0 Å². The summed E-state index contributed by atoms with van der Waals surface area (Å²) in [5.41, 5.74) is -0.473. The van der Waals surface area contributed by atoms with Crippen molar-refractivity contribution in [2.24, 2.45) is 0 Å². The molecule has 0 fully saturated rings. The number of ether oxygens (including phenoxy) is 2. The van der Waals surface area contributed by atoms with E-state index in [4.69, 9.17) is 9.47 Å². The molecule has 0 amide bonds. The van der Waals surface area contributed by atoms with Crippen LogP contribution < -0.4 is 10.3 Å². The highest BCUT2D eigenvalue weighted by Gasteiger charge is 2.25. The van der Waals surface area contributed by atoms with E-state index in [0.717, 1.165) is 4.57 Å². The number of pyridine rings is 1. The first-order chi connectivity index (χ1) is 12.5. The predicted molar refractivity (Wildman–Crippen MR) is 94.7 cm³/mol. The lowest BCUT2D eigenvalue weighted by atomic mass is 9.97. The Morgan fingerprint density at radius 3 is 2.73 bits per heavy atom. The third-order valence-electron chi connectivity index (χ3n) is 3.95. The van der Waals surface area contributed by atoms with Crippen LogP contribution in [-0.2, 0) is 11.3 Å². The number of carbonyl (C=O) groups excluding carboxylic acids is 1. The van der Waals surface area contributed by atoms with E-state index < -0.39 is 17.2 Å². The van der Waals surface area contributed by atoms with Gasteiger partial charge in [-0.1, -0.05) is 12.1 Å². The minimum Gasteiger partial charge on any atom is -0.494 e. The van der Waals surface area contributed by atoms with E-state index in [-0.39, 0.29) is 35.4 Å². The zero-order valence-corrected chi connectivity index (χ0v) is 14.9. The number of aromatic hydroxyl groups is 1. The molecule has 136 valence electrons. The number of benzene rings is 1. The number of methoxy groups -OCH3 is 1. The maximum atomic E-state index is 13.0. The van der Waals surface area contributed by atoms with Crippen LogP contribution in [0.15, 0.2) is 29.1 Å². The molecule has 0 bridgehead atoms. The van der Waals surface area contributed by atoms with Crippen molar-refractivity contribution in [2.45, 2.75) is 20.4 Å². The summed E-state index contributed by atoms with van der Waals surface area (Å²) in [7, 11) is 1.45. The number of nitrogens with zero attached hydrogens (tertiary/aromatic N) is 2. The van der Waals surface area contributed by atoms with Crippen LogP contribution in [0.2, 0.25) is 0 Å². The summed E-state index contributed by atoms with van der Waals surface area (Å²) in [6, 6.07) is 8.34. The zero-order chi connectivity index (χ0) is 19.3. The van der Waals surface area contributed by atoms with Gasteiger partial charge in [-0.25, -0.2) is 0 Å². The minimum atomic E-state index is -0.654. The third kappa shape index (κ3) is 3.60. The van der Waals surface area contributed by atoms with Gasteiger partial charge in [-0.05, 0) is 31.5 Å². The molecule has 7 nitrogen and oxygen atoms in total. The summed E-state index contributed by atoms with van der Waals surface area (Å²) in [5, 5.41) is 19.9. The second kappa shape index (κ2) is 8.32. The van der Waals surface area contributed by atoms with Gasteiger partial charge in [0, 0.05) is 12.7 Å². The van der Waals surface area contributed by atoms with Crippen molar-refractivity contribution in [1.82, 2.24) is 4.57 Å². The molecule has 0 aliphatic heterocycles. The van der Waals surface area contributed by atoms with Crippen LogP contribution in [0.1, 0.15) is 34.0 Å². The highest BCUT2D eigenvalue weighted by atomic mass is 16.5. The molecule has 7 heteroatoms. The monoisotopic (exact) mass is 356 g/mol. The summed E-state index contributed by atoms with van der Waals surface area (Å²) >= 11 is 0. The van der Waals surface area contributed by atoms with Crippen molar-refractivity contribution in [2.75, 3.05) is 20.3 Å². The van der Waals surface area contributed by atoms with Gasteiger partial charge in [0.15, 0.2) is 5.78 Å². The van der Waals surface area contributed by atoms with E-state index in [0.29, 0.717) is 12.4 Å². The van der Waals surface area contributed by atoms with E-state index in [9.17, 15) is 20.0 Å². The molecule has 0 atom stereocenters. The SMILES string of the molecule is CCOc1cccc(C(=O)c2c(C)c(C#N)c(=O)n(CCOC)c2O)c1. The van der Waals surface area contributed by atoms with E-state index in [1.54, 1.807) is 24.3 Å². The molecular formula is C19H20N2O5. The summed E-state index contributed by atoms with van der Waals surface area (Å²) in [5.74, 6) is -0.455. The van der Waals surface area contributed by atoms with Crippen molar-refractivity contribution < 1.29 is 19.4 Å². The Balaban J connectivity index is 2.65. The lowest BCUT2D eigenvalue weighted by Gasteiger charge is -2.15. The summed E-state index contributed by atoms with van der Waals surface area (Å²) in [6.45, 7) is 3.92. The largest absolute Gasteiger partial charge is 0.494 e. The van der Waals surface area contributed by atoms with Crippen molar-refractivity contribution >= 4 is 5.78 Å². The first-order valence-corrected chi connectivity index (χ1v) is 8.09. The topological polar surface area (TPSA) is 102 Å². The van der Waals surface area contributed by atoms with E-state index >= 15 is 0 Å². The second-order valence-corrected chi connectivity index (χ2v) is 5.55. The molecule has 1 aromatic heterocycles. The van der Waals surface area contributed by atoms with Gasteiger partial charge in [0.2, 0.25) is 5.88 Å². The maximum Gasteiger partial charge on any atom is 0.271 e. The van der Waals surface area contributed by atoms with E-state index in [1.807, 2.05) is 13.0 Å². The molecule has 0 aliphatic carbocycles. The van der Waals surface area contributed by atoms with Crippen molar-refractivity contribution in [3.63, 3.8) is 0 Å². The zero-order valence-electron chi connectivity index (χ0n) is 14.9. The van der Waals surface area contributed by atoms with Crippen LogP contribution in [0, 0.1) is 18.3 Å². The fourth-order valence-corrected chi connectivity index (χ4v) is 2.65. The van der Waals surface area contributed by atoms with E-state index in [2.05, 4.69) is 0 Å². The van der Waals surface area contributed by atoms with Crippen LogP contribution in [0.25, 0.3) is 0 Å².